The summed E-state index contributed by atoms with van der Waals surface area (Å²) < 4.78 is 11.7. The highest BCUT2D eigenvalue weighted by Gasteiger charge is 2.04. The van der Waals surface area contributed by atoms with Crippen molar-refractivity contribution in [3.63, 3.8) is 0 Å². The Morgan fingerprint density at radius 3 is 2.77 bits per heavy atom. The lowest BCUT2D eigenvalue weighted by Gasteiger charge is -2.04. The van der Waals surface area contributed by atoms with Crippen molar-refractivity contribution in [1.82, 2.24) is 5.54 Å². The lowest BCUT2D eigenvalue weighted by atomic mass is 10.0. The monoisotopic (exact) mass is 181 g/mol. The predicted molar refractivity (Wildman–Crippen MR) is 48.9 cm³/mol. The summed E-state index contributed by atoms with van der Waals surface area (Å²) in [4.78, 5) is 10.8. The predicted octanol–water partition coefficient (Wildman–Crippen LogP) is 1.85. The van der Waals surface area contributed by atoms with Crippen LogP contribution in [0.25, 0.3) is 0 Å². The van der Waals surface area contributed by atoms with Crippen molar-refractivity contribution in [3.8, 4) is 0 Å². The number of benzene rings is 1. The molecule has 0 unspecified atom stereocenters. The Kier molecular flexibility index (Phi) is 3.01. The Bertz CT molecular complexity index is 323. The Morgan fingerprint density at radius 2 is 2.15 bits per heavy atom. The number of hydrogen-bond donors (Lipinski definition) is 1. The molecule has 13 heavy (non-hydrogen) atoms. The van der Waals surface area contributed by atoms with Crippen LogP contribution in [0.3, 0.4) is 0 Å². The minimum atomic E-state index is -0.603. The Balaban J connectivity index is 2.87. The second-order valence-electron chi connectivity index (χ2n) is 3.12. The molecule has 0 saturated carbocycles. The molecule has 0 heterocycles. The zero-order valence-corrected chi connectivity index (χ0v) is 7.73. The minimum absolute atomic E-state index is 0.101. The second kappa shape index (κ2) is 4.03. The highest BCUT2D eigenvalue weighted by atomic mass is 19.2. The van der Waals surface area contributed by atoms with Crippen LogP contribution in [0.15, 0.2) is 18.2 Å². The number of rotatable bonds is 2. The van der Waals surface area contributed by atoms with Gasteiger partial charge in [-0.05, 0) is 25.0 Å². The van der Waals surface area contributed by atoms with Gasteiger partial charge in [0.05, 0.1) is 6.42 Å². The van der Waals surface area contributed by atoms with Crippen molar-refractivity contribution < 1.29 is 9.28 Å². The molecular weight excluding hydrogens is 169 g/mol. The van der Waals surface area contributed by atoms with Crippen LogP contribution in [0.5, 0.6) is 0 Å². The lowest BCUT2D eigenvalue weighted by molar-refractivity contribution is -0.124. The van der Waals surface area contributed by atoms with Gasteiger partial charge in [-0.25, -0.2) is 0 Å². The van der Waals surface area contributed by atoms with Gasteiger partial charge in [0.2, 0.25) is 0 Å². The minimum Gasteiger partial charge on any atom is -0.272 e. The average Bonchev–Trinajstić information content (AvgIpc) is 2.11. The molecule has 0 saturated heterocycles. The summed E-state index contributed by atoms with van der Waals surface area (Å²) in [5.41, 5.74) is 4.08. The fourth-order valence-corrected chi connectivity index (χ4v) is 1.20. The third kappa shape index (κ3) is 2.54. The van der Waals surface area contributed by atoms with E-state index in [-0.39, 0.29) is 6.42 Å². The number of aryl methyl sites for hydroxylation is 2. The van der Waals surface area contributed by atoms with Gasteiger partial charge in [0, 0.05) is 0 Å². The highest BCUT2D eigenvalue weighted by Crippen LogP contribution is 2.11. The molecule has 1 rings (SSSR count). The number of amides is 1. The summed E-state index contributed by atoms with van der Waals surface area (Å²) in [6.45, 7) is 3.84. The quantitative estimate of drug-likeness (QED) is 0.693. The summed E-state index contributed by atoms with van der Waals surface area (Å²) in [7, 11) is 0. The smallest absolute Gasteiger partial charge is 0.252 e. The first-order valence-electron chi connectivity index (χ1n) is 4.09. The summed E-state index contributed by atoms with van der Waals surface area (Å²) in [6, 6.07) is 5.78. The lowest BCUT2D eigenvalue weighted by Crippen LogP contribution is -2.16. The van der Waals surface area contributed by atoms with Crippen LogP contribution in [0, 0.1) is 13.8 Å². The van der Waals surface area contributed by atoms with Gasteiger partial charge < -0.3 is 0 Å². The van der Waals surface area contributed by atoms with Crippen LogP contribution >= 0.6 is 0 Å². The molecule has 0 aliphatic carbocycles. The maximum Gasteiger partial charge on any atom is 0.252 e. The molecule has 2 nitrogen and oxygen atoms in total. The van der Waals surface area contributed by atoms with E-state index < -0.39 is 5.91 Å². The fraction of sp³-hybridized carbons (Fsp3) is 0.300. The molecule has 0 bridgehead atoms. The van der Waals surface area contributed by atoms with E-state index in [4.69, 9.17) is 0 Å². The van der Waals surface area contributed by atoms with E-state index in [0.29, 0.717) is 0 Å². The zero-order chi connectivity index (χ0) is 9.84. The van der Waals surface area contributed by atoms with Gasteiger partial charge in [-0.15, -0.1) is 4.48 Å². The van der Waals surface area contributed by atoms with Crippen molar-refractivity contribution in [2.24, 2.45) is 0 Å². The molecule has 70 valence electrons. The number of hydrogen-bond acceptors (Lipinski definition) is 1. The molecule has 0 fully saturated rings. The van der Waals surface area contributed by atoms with Crippen molar-refractivity contribution >= 4 is 5.91 Å². The molecule has 1 aromatic rings. The molecular formula is C10H12FNO. The third-order valence-corrected chi connectivity index (χ3v) is 1.96. The summed E-state index contributed by atoms with van der Waals surface area (Å²) in [6.07, 6.45) is 0.101. The fourth-order valence-electron chi connectivity index (χ4n) is 1.20. The number of nitrogens with one attached hydrogen (secondary N) is 1. The Labute approximate surface area is 76.7 Å². The summed E-state index contributed by atoms with van der Waals surface area (Å²) in [5.74, 6) is -0.603. The second-order valence-corrected chi connectivity index (χ2v) is 3.12. The molecule has 0 aliphatic heterocycles. The van der Waals surface area contributed by atoms with Gasteiger partial charge in [0.15, 0.2) is 0 Å². The SMILES string of the molecule is Cc1ccc(C)c(CC(=O)NF)c1. The first kappa shape index (κ1) is 9.71. The van der Waals surface area contributed by atoms with Crippen LogP contribution in [0.4, 0.5) is 4.48 Å². The molecule has 1 aromatic carbocycles. The van der Waals surface area contributed by atoms with Crippen LogP contribution in [0.1, 0.15) is 16.7 Å². The number of halogens is 1. The average molecular weight is 181 g/mol. The standard InChI is InChI=1S/C10H12FNO/c1-7-3-4-8(2)9(5-7)6-10(13)12-11/h3-5H,6H2,1-2H3,(H,12,13). The van der Waals surface area contributed by atoms with E-state index in [1.54, 1.807) is 0 Å². The maximum atomic E-state index is 11.7. The van der Waals surface area contributed by atoms with Gasteiger partial charge in [0.1, 0.15) is 0 Å². The highest BCUT2D eigenvalue weighted by molar-refractivity contribution is 5.77. The molecule has 0 atom stereocenters. The van der Waals surface area contributed by atoms with E-state index in [0.717, 1.165) is 22.2 Å². The molecule has 1 amide bonds. The van der Waals surface area contributed by atoms with Crippen molar-refractivity contribution in [3.05, 3.63) is 34.9 Å². The first-order chi connectivity index (χ1) is 6.13. The molecule has 0 radical (unpaired) electrons. The van der Waals surface area contributed by atoms with Gasteiger partial charge in [-0.3, -0.25) is 4.79 Å². The summed E-state index contributed by atoms with van der Waals surface area (Å²) in [5, 5.41) is 0. The first-order valence-corrected chi connectivity index (χ1v) is 4.09. The summed E-state index contributed by atoms with van der Waals surface area (Å²) >= 11 is 0. The molecule has 0 spiro atoms. The van der Waals surface area contributed by atoms with Gasteiger partial charge in [0.25, 0.3) is 5.91 Å². The topological polar surface area (TPSA) is 29.1 Å². The van der Waals surface area contributed by atoms with E-state index in [1.165, 1.54) is 0 Å². The Hall–Kier alpha value is -1.38. The van der Waals surface area contributed by atoms with E-state index >= 15 is 0 Å². The van der Waals surface area contributed by atoms with Gasteiger partial charge in [-0.1, -0.05) is 23.8 Å². The third-order valence-electron chi connectivity index (χ3n) is 1.96. The largest absolute Gasteiger partial charge is 0.272 e. The van der Waals surface area contributed by atoms with Crippen molar-refractivity contribution in [2.45, 2.75) is 20.3 Å². The van der Waals surface area contributed by atoms with Crippen molar-refractivity contribution in [1.29, 1.82) is 0 Å². The molecule has 3 heteroatoms. The van der Waals surface area contributed by atoms with Crippen LogP contribution in [-0.2, 0) is 11.2 Å². The maximum absolute atomic E-state index is 11.7. The normalized spacial score (nSPS) is 9.77. The van der Waals surface area contributed by atoms with Crippen molar-refractivity contribution in [2.75, 3.05) is 0 Å². The molecule has 1 N–H and O–H groups in total. The van der Waals surface area contributed by atoms with Crippen LogP contribution in [-0.4, -0.2) is 5.91 Å². The van der Waals surface area contributed by atoms with E-state index in [1.807, 2.05) is 32.0 Å². The van der Waals surface area contributed by atoms with Gasteiger partial charge in [-0.2, -0.15) is 5.54 Å². The van der Waals surface area contributed by atoms with Crippen LogP contribution < -0.4 is 5.54 Å². The Morgan fingerprint density at radius 1 is 1.46 bits per heavy atom. The van der Waals surface area contributed by atoms with Crippen LogP contribution in [0.2, 0.25) is 0 Å². The van der Waals surface area contributed by atoms with Gasteiger partial charge >= 0.3 is 0 Å². The zero-order valence-electron chi connectivity index (χ0n) is 7.73. The van der Waals surface area contributed by atoms with E-state index in [2.05, 4.69) is 0 Å². The number of carbonyl (C=O) groups is 1. The van der Waals surface area contributed by atoms with E-state index in [9.17, 15) is 9.28 Å². The number of carbonyl (C=O) groups excluding carboxylic acids is 1. The molecule has 0 aromatic heterocycles. The molecule has 0 aliphatic rings.